The van der Waals surface area contributed by atoms with Crippen molar-refractivity contribution in [3.63, 3.8) is 0 Å². The predicted octanol–water partition coefficient (Wildman–Crippen LogP) is 4.11. The Labute approximate surface area is 168 Å². The van der Waals surface area contributed by atoms with Crippen molar-refractivity contribution in [2.45, 2.75) is 25.7 Å². The van der Waals surface area contributed by atoms with Crippen molar-refractivity contribution < 1.29 is 4.74 Å². The lowest BCUT2D eigenvalue weighted by Crippen LogP contribution is -2.38. The van der Waals surface area contributed by atoms with E-state index in [9.17, 15) is 0 Å². The van der Waals surface area contributed by atoms with E-state index in [1.807, 2.05) is 0 Å². The molecule has 3 rings (SSSR count). The largest absolute Gasteiger partial charge is 0.377 e. The quantitative estimate of drug-likeness (QED) is 0.413. The molecule has 2 aromatic rings. The number of hydrogen-bond donors (Lipinski definition) is 2. The lowest BCUT2D eigenvalue weighted by molar-refractivity contribution is 0.153. The molecule has 4 nitrogen and oxygen atoms in total. The van der Waals surface area contributed by atoms with Crippen molar-refractivity contribution in [2.24, 2.45) is 4.99 Å². The summed E-state index contributed by atoms with van der Waals surface area (Å²) in [6, 6.07) is 21.3. The van der Waals surface area contributed by atoms with Crippen LogP contribution in [0.4, 0.5) is 0 Å². The predicted molar refractivity (Wildman–Crippen MR) is 117 cm³/mol. The minimum atomic E-state index is 0.246. The maximum absolute atomic E-state index is 5.38. The highest BCUT2D eigenvalue weighted by Gasteiger charge is 2.14. The second-order valence-corrected chi connectivity index (χ2v) is 6.96. The minimum absolute atomic E-state index is 0.246. The van der Waals surface area contributed by atoms with E-state index in [-0.39, 0.29) is 5.92 Å². The van der Waals surface area contributed by atoms with Gasteiger partial charge < -0.3 is 15.4 Å². The Morgan fingerprint density at radius 2 is 1.68 bits per heavy atom. The molecule has 0 fully saturated rings. The first-order valence-corrected chi connectivity index (χ1v) is 10.2. The Kier molecular flexibility index (Phi) is 8.13. The van der Waals surface area contributed by atoms with Crippen LogP contribution in [0.1, 0.15) is 36.8 Å². The zero-order valence-corrected chi connectivity index (χ0v) is 16.7. The van der Waals surface area contributed by atoms with Crippen molar-refractivity contribution >= 4 is 5.96 Å². The number of nitrogens with one attached hydrogen (secondary N) is 2. The molecule has 0 saturated carbocycles. The fraction of sp³-hybridized carbons (Fsp3) is 0.375. The van der Waals surface area contributed by atoms with Crippen molar-refractivity contribution in [1.29, 1.82) is 0 Å². The Hall–Kier alpha value is -2.59. The molecule has 0 aliphatic carbocycles. The van der Waals surface area contributed by atoms with Crippen LogP contribution in [0.2, 0.25) is 0 Å². The summed E-state index contributed by atoms with van der Waals surface area (Å²) < 4.78 is 5.38. The third-order valence-electron chi connectivity index (χ3n) is 4.98. The lowest BCUT2D eigenvalue weighted by atomic mass is 9.91. The average Bonchev–Trinajstić information content (AvgIpc) is 2.76. The van der Waals surface area contributed by atoms with E-state index in [0.717, 1.165) is 45.1 Å². The Balaban J connectivity index is 1.66. The molecule has 1 aliphatic rings. The minimum Gasteiger partial charge on any atom is -0.377 e. The summed E-state index contributed by atoms with van der Waals surface area (Å²) in [7, 11) is 0. The van der Waals surface area contributed by atoms with Crippen LogP contribution in [0.3, 0.4) is 0 Å². The van der Waals surface area contributed by atoms with Gasteiger partial charge in [0, 0.05) is 19.0 Å². The van der Waals surface area contributed by atoms with Gasteiger partial charge in [0.2, 0.25) is 0 Å². The standard InChI is InChI=1S/C24H31N3O/c1-2-25-24(26-16-13-20-14-17-28-18-15-20)27-19-23(21-9-5-3-6-10-21)22-11-7-4-8-12-22/h3-12,14,23H,2,13,15-19H2,1H3,(H2,25,26,27). The Morgan fingerprint density at radius 3 is 2.25 bits per heavy atom. The summed E-state index contributed by atoms with van der Waals surface area (Å²) >= 11 is 0. The van der Waals surface area contributed by atoms with Gasteiger partial charge in [0.15, 0.2) is 5.96 Å². The topological polar surface area (TPSA) is 45.7 Å². The molecule has 2 aromatic carbocycles. The highest BCUT2D eigenvalue weighted by molar-refractivity contribution is 5.79. The molecular weight excluding hydrogens is 346 g/mol. The average molecular weight is 378 g/mol. The van der Waals surface area contributed by atoms with Crippen LogP contribution < -0.4 is 10.6 Å². The second kappa shape index (κ2) is 11.3. The first kappa shape index (κ1) is 20.2. The summed E-state index contributed by atoms with van der Waals surface area (Å²) in [5.41, 5.74) is 4.06. The molecule has 0 radical (unpaired) electrons. The smallest absolute Gasteiger partial charge is 0.191 e. The molecule has 0 spiro atoms. The van der Waals surface area contributed by atoms with Gasteiger partial charge in [-0.05, 0) is 30.9 Å². The van der Waals surface area contributed by atoms with Crippen molar-refractivity contribution in [1.82, 2.24) is 10.6 Å². The lowest BCUT2D eigenvalue weighted by Gasteiger charge is -2.18. The molecule has 1 heterocycles. The van der Waals surface area contributed by atoms with Crippen LogP contribution in [-0.4, -0.2) is 38.8 Å². The Morgan fingerprint density at radius 1 is 1.00 bits per heavy atom. The molecule has 0 atom stereocenters. The maximum atomic E-state index is 5.38. The van der Waals surface area contributed by atoms with E-state index in [2.05, 4.69) is 84.3 Å². The molecule has 0 bridgehead atoms. The molecule has 148 valence electrons. The summed E-state index contributed by atoms with van der Waals surface area (Å²) in [5.74, 6) is 1.13. The molecule has 2 N–H and O–H groups in total. The number of rotatable bonds is 8. The maximum Gasteiger partial charge on any atom is 0.191 e. The van der Waals surface area contributed by atoms with Gasteiger partial charge in [0.25, 0.3) is 0 Å². The fourth-order valence-electron chi connectivity index (χ4n) is 3.43. The van der Waals surface area contributed by atoms with Gasteiger partial charge >= 0.3 is 0 Å². The van der Waals surface area contributed by atoms with E-state index in [1.54, 1.807) is 0 Å². The summed E-state index contributed by atoms with van der Waals surface area (Å²) in [6.07, 6.45) is 4.28. The third-order valence-corrected chi connectivity index (χ3v) is 4.98. The number of ether oxygens (including phenoxy) is 1. The summed E-state index contributed by atoms with van der Waals surface area (Å²) in [6.45, 7) is 6.14. The van der Waals surface area contributed by atoms with Crippen LogP contribution in [-0.2, 0) is 4.74 Å². The van der Waals surface area contributed by atoms with Crippen LogP contribution in [0.25, 0.3) is 0 Å². The third kappa shape index (κ3) is 6.24. The molecular formula is C24H31N3O. The molecule has 4 heteroatoms. The van der Waals surface area contributed by atoms with E-state index >= 15 is 0 Å². The van der Waals surface area contributed by atoms with E-state index in [1.165, 1.54) is 16.7 Å². The zero-order valence-electron chi connectivity index (χ0n) is 16.7. The van der Waals surface area contributed by atoms with Crippen molar-refractivity contribution in [3.8, 4) is 0 Å². The van der Waals surface area contributed by atoms with Crippen molar-refractivity contribution in [2.75, 3.05) is 32.8 Å². The number of nitrogens with zero attached hydrogens (tertiary/aromatic N) is 1. The summed E-state index contributed by atoms with van der Waals surface area (Å²) in [4.78, 5) is 4.90. The Bertz CT molecular complexity index is 716. The number of benzene rings is 2. The molecule has 28 heavy (non-hydrogen) atoms. The van der Waals surface area contributed by atoms with Gasteiger partial charge in [-0.15, -0.1) is 0 Å². The summed E-state index contributed by atoms with van der Waals surface area (Å²) in [5, 5.41) is 6.86. The number of hydrogen-bond acceptors (Lipinski definition) is 2. The molecule has 1 aliphatic heterocycles. The molecule has 0 aromatic heterocycles. The number of guanidine groups is 1. The zero-order chi connectivity index (χ0) is 19.4. The van der Waals surface area contributed by atoms with Gasteiger partial charge in [-0.3, -0.25) is 4.99 Å². The fourth-order valence-corrected chi connectivity index (χ4v) is 3.43. The second-order valence-electron chi connectivity index (χ2n) is 6.96. The first-order valence-electron chi connectivity index (χ1n) is 10.2. The molecule has 0 unspecified atom stereocenters. The SMILES string of the molecule is CCNC(=NCC(c1ccccc1)c1ccccc1)NCCC1=CCOCC1. The highest BCUT2D eigenvalue weighted by Crippen LogP contribution is 2.24. The van der Waals surface area contributed by atoms with E-state index < -0.39 is 0 Å². The van der Waals surface area contributed by atoms with Gasteiger partial charge in [0.05, 0.1) is 19.8 Å². The van der Waals surface area contributed by atoms with Crippen LogP contribution in [0, 0.1) is 0 Å². The number of aliphatic imine (C=N–C) groups is 1. The highest BCUT2D eigenvalue weighted by atomic mass is 16.5. The van der Waals surface area contributed by atoms with E-state index in [4.69, 9.17) is 9.73 Å². The van der Waals surface area contributed by atoms with Gasteiger partial charge in [0.1, 0.15) is 0 Å². The van der Waals surface area contributed by atoms with Crippen LogP contribution >= 0.6 is 0 Å². The normalized spacial score (nSPS) is 14.6. The van der Waals surface area contributed by atoms with Crippen molar-refractivity contribution in [3.05, 3.63) is 83.4 Å². The van der Waals surface area contributed by atoms with Gasteiger partial charge in [-0.25, -0.2) is 0 Å². The van der Waals surface area contributed by atoms with Crippen LogP contribution in [0.15, 0.2) is 77.3 Å². The van der Waals surface area contributed by atoms with Gasteiger partial charge in [-0.2, -0.15) is 0 Å². The van der Waals surface area contributed by atoms with Crippen LogP contribution in [0.5, 0.6) is 0 Å². The molecule has 0 amide bonds. The van der Waals surface area contributed by atoms with E-state index in [0.29, 0.717) is 6.54 Å². The van der Waals surface area contributed by atoms with Gasteiger partial charge in [-0.1, -0.05) is 72.3 Å². The molecule has 0 saturated heterocycles. The first-order chi connectivity index (χ1) is 13.9. The monoisotopic (exact) mass is 377 g/mol.